The molecule has 1 N–H and O–H groups in total. The van der Waals surface area contributed by atoms with Crippen LogP contribution in [0.4, 0.5) is 0 Å². The fraction of sp³-hybridized carbons (Fsp3) is 0.600. The quantitative estimate of drug-likeness (QED) is 0.827. The smallest absolute Gasteiger partial charge is 0.281 e. The molecule has 1 aromatic heterocycles. The summed E-state index contributed by atoms with van der Waals surface area (Å²) in [6, 6.07) is 3.56. The number of nitrogens with zero attached hydrogens (tertiary/aromatic N) is 2. The van der Waals surface area contributed by atoms with E-state index in [4.69, 9.17) is 16.7 Å². The van der Waals surface area contributed by atoms with Crippen LogP contribution in [0.5, 0.6) is 0 Å². The first kappa shape index (κ1) is 15.9. The highest BCUT2D eigenvalue weighted by atomic mass is 35.5. The molecular formula is C10H17ClN2O3S2. The third-order valence-corrected chi connectivity index (χ3v) is 5.53. The summed E-state index contributed by atoms with van der Waals surface area (Å²) in [4.78, 5) is 0.890. The zero-order chi connectivity index (χ0) is 13.8. The first-order valence-electron chi connectivity index (χ1n) is 5.40. The number of rotatable bonds is 7. The van der Waals surface area contributed by atoms with Gasteiger partial charge in [0.1, 0.15) is 0 Å². The number of hydrogen-bond donors (Lipinski definition) is 1. The zero-order valence-corrected chi connectivity index (χ0v) is 12.7. The Kier molecular flexibility index (Phi) is 6.03. The molecule has 1 heterocycles. The summed E-state index contributed by atoms with van der Waals surface area (Å²) >= 11 is 7.16. The molecule has 0 amide bonds. The van der Waals surface area contributed by atoms with E-state index >= 15 is 0 Å². The second-order valence-corrected chi connectivity index (χ2v) is 7.81. The summed E-state index contributed by atoms with van der Waals surface area (Å²) in [6.07, 6.45) is 0.425. The van der Waals surface area contributed by atoms with Crippen molar-refractivity contribution in [2.45, 2.75) is 13.0 Å². The molecule has 0 atom stereocenters. The molecule has 0 radical (unpaired) electrons. The first-order valence-corrected chi connectivity index (χ1v) is 7.99. The largest absolute Gasteiger partial charge is 0.396 e. The Hall–Kier alpha value is -0.180. The van der Waals surface area contributed by atoms with Crippen LogP contribution >= 0.6 is 22.9 Å². The van der Waals surface area contributed by atoms with Gasteiger partial charge in [0.05, 0.1) is 4.34 Å². The van der Waals surface area contributed by atoms with Gasteiger partial charge in [-0.25, -0.2) is 0 Å². The predicted molar refractivity (Wildman–Crippen MR) is 74.0 cm³/mol. The van der Waals surface area contributed by atoms with Gasteiger partial charge in [0.25, 0.3) is 10.2 Å². The van der Waals surface area contributed by atoms with Crippen molar-refractivity contribution >= 4 is 33.1 Å². The number of aliphatic hydroxyl groups excluding tert-OH is 1. The van der Waals surface area contributed by atoms with Crippen molar-refractivity contribution in [3.05, 3.63) is 21.3 Å². The maximum atomic E-state index is 12.1. The first-order chi connectivity index (χ1) is 8.37. The third kappa shape index (κ3) is 4.18. The Bertz CT molecular complexity index is 475. The maximum Gasteiger partial charge on any atom is 0.281 e. The number of thiophene rings is 1. The average Bonchev–Trinajstić information content (AvgIpc) is 2.71. The lowest BCUT2D eigenvalue weighted by Gasteiger charge is -2.23. The van der Waals surface area contributed by atoms with Gasteiger partial charge < -0.3 is 5.11 Å². The minimum Gasteiger partial charge on any atom is -0.396 e. The summed E-state index contributed by atoms with van der Waals surface area (Å²) < 4.78 is 27.3. The molecule has 0 aromatic carbocycles. The number of aliphatic hydroxyl groups is 1. The van der Waals surface area contributed by atoms with E-state index in [0.29, 0.717) is 23.8 Å². The van der Waals surface area contributed by atoms with Crippen molar-refractivity contribution in [1.29, 1.82) is 0 Å². The summed E-state index contributed by atoms with van der Waals surface area (Å²) in [5, 5.41) is 8.71. The van der Waals surface area contributed by atoms with E-state index in [-0.39, 0.29) is 6.61 Å². The van der Waals surface area contributed by atoms with Gasteiger partial charge in [-0.15, -0.1) is 11.3 Å². The fourth-order valence-electron chi connectivity index (χ4n) is 1.38. The van der Waals surface area contributed by atoms with E-state index in [2.05, 4.69) is 0 Å². The van der Waals surface area contributed by atoms with Crippen molar-refractivity contribution in [2.75, 3.05) is 27.2 Å². The third-order valence-electron chi connectivity index (χ3n) is 2.43. The molecule has 0 fully saturated rings. The van der Waals surface area contributed by atoms with Gasteiger partial charge in [-0.2, -0.15) is 17.0 Å². The van der Waals surface area contributed by atoms with Gasteiger partial charge in [-0.1, -0.05) is 11.6 Å². The molecule has 0 unspecified atom stereocenters. The summed E-state index contributed by atoms with van der Waals surface area (Å²) in [5.74, 6) is 0. The summed E-state index contributed by atoms with van der Waals surface area (Å²) in [6.45, 7) is 0.571. The van der Waals surface area contributed by atoms with Gasteiger partial charge in [0.2, 0.25) is 0 Å². The van der Waals surface area contributed by atoms with E-state index < -0.39 is 10.2 Å². The highest BCUT2D eigenvalue weighted by Gasteiger charge is 2.23. The lowest BCUT2D eigenvalue weighted by Crippen LogP contribution is -2.39. The van der Waals surface area contributed by atoms with Crippen molar-refractivity contribution in [1.82, 2.24) is 8.61 Å². The molecule has 0 aliphatic heterocycles. The normalized spacial score (nSPS) is 12.6. The Morgan fingerprint density at radius 3 is 2.50 bits per heavy atom. The van der Waals surface area contributed by atoms with Crippen LogP contribution in [0.2, 0.25) is 4.34 Å². The lowest BCUT2D eigenvalue weighted by molar-refractivity contribution is 0.272. The molecule has 1 rings (SSSR count). The minimum absolute atomic E-state index is 0.0237. The minimum atomic E-state index is -3.48. The molecule has 8 heteroatoms. The van der Waals surface area contributed by atoms with Gasteiger partial charge >= 0.3 is 0 Å². The molecule has 0 aliphatic carbocycles. The Morgan fingerprint density at radius 2 is 2.00 bits per heavy atom. The van der Waals surface area contributed by atoms with Crippen LogP contribution in [0.1, 0.15) is 11.3 Å². The Balaban J connectivity index is 2.66. The zero-order valence-electron chi connectivity index (χ0n) is 10.3. The number of halogens is 1. The van der Waals surface area contributed by atoms with Gasteiger partial charge in [-0.3, -0.25) is 0 Å². The predicted octanol–water partition coefficient (Wildman–Crippen LogP) is 1.39. The standard InChI is InChI=1S/C10H17ClN2O3S2/c1-12(6-3-7-14)18(15,16)13(2)8-9-4-5-10(11)17-9/h4-5,14H,3,6-8H2,1-2H3. The van der Waals surface area contributed by atoms with Crippen LogP contribution in [0.3, 0.4) is 0 Å². The molecule has 5 nitrogen and oxygen atoms in total. The van der Waals surface area contributed by atoms with Gasteiger partial charge in [-0.05, 0) is 18.6 Å². The van der Waals surface area contributed by atoms with Crippen LogP contribution in [-0.4, -0.2) is 49.4 Å². The summed E-state index contributed by atoms with van der Waals surface area (Å²) in [5.41, 5.74) is 0. The second-order valence-electron chi connectivity index (χ2n) is 3.87. The van der Waals surface area contributed by atoms with E-state index in [1.54, 1.807) is 6.07 Å². The average molecular weight is 313 g/mol. The highest BCUT2D eigenvalue weighted by molar-refractivity contribution is 7.86. The SMILES string of the molecule is CN(CCCO)S(=O)(=O)N(C)Cc1ccc(Cl)s1. The number of hydrogen-bond acceptors (Lipinski definition) is 4. The van der Waals surface area contributed by atoms with Crippen LogP contribution in [0.25, 0.3) is 0 Å². The Labute approximate surface area is 117 Å². The lowest BCUT2D eigenvalue weighted by atomic mass is 10.5. The molecule has 104 valence electrons. The highest BCUT2D eigenvalue weighted by Crippen LogP contribution is 2.23. The van der Waals surface area contributed by atoms with E-state index in [0.717, 1.165) is 4.88 Å². The molecule has 1 aromatic rings. The summed E-state index contributed by atoms with van der Waals surface area (Å²) in [7, 11) is -0.452. The second kappa shape index (κ2) is 6.83. The van der Waals surface area contributed by atoms with Crippen LogP contribution < -0.4 is 0 Å². The van der Waals surface area contributed by atoms with Crippen molar-refractivity contribution < 1.29 is 13.5 Å². The van der Waals surface area contributed by atoms with Crippen molar-refractivity contribution in [3.63, 3.8) is 0 Å². The molecule has 18 heavy (non-hydrogen) atoms. The molecule has 0 saturated carbocycles. The van der Waals surface area contributed by atoms with Crippen LogP contribution in [0.15, 0.2) is 12.1 Å². The van der Waals surface area contributed by atoms with E-state index in [9.17, 15) is 8.42 Å². The molecule has 0 saturated heterocycles. The van der Waals surface area contributed by atoms with E-state index in [1.807, 2.05) is 6.07 Å². The molecule has 0 bridgehead atoms. The topological polar surface area (TPSA) is 60.9 Å². The van der Waals surface area contributed by atoms with Crippen LogP contribution in [-0.2, 0) is 16.8 Å². The molecule has 0 aliphatic rings. The fourth-order valence-corrected chi connectivity index (χ4v) is 3.75. The molecular weight excluding hydrogens is 296 g/mol. The van der Waals surface area contributed by atoms with Crippen molar-refractivity contribution in [2.24, 2.45) is 0 Å². The maximum absolute atomic E-state index is 12.1. The van der Waals surface area contributed by atoms with Gasteiger partial charge in [0, 0.05) is 38.7 Å². The Morgan fingerprint density at radius 1 is 1.33 bits per heavy atom. The van der Waals surface area contributed by atoms with Gasteiger partial charge in [0.15, 0.2) is 0 Å². The van der Waals surface area contributed by atoms with E-state index in [1.165, 1.54) is 34.0 Å². The monoisotopic (exact) mass is 312 g/mol. The van der Waals surface area contributed by atoms with Crippen LogP contribution in [0, 0.1) is 0 Å². The molecule has 0 spiro atoms. The van der Waals surface area contributed by atoms with Crippen molar-refractivity contribution in [3.8, 4) is 0 Å².